The van der Waals surface area contributed by atoms with E-state index in [4.69, 9.17) is 10.7 Å². The standard InChI is InChI=1S/C41H59N3O4S4/c1-38-11-13-49-52-39(9-3-2-4-10-39)41-19-27(15-33-35-18-31(38)17-30(23-47)34(6-5-12-45)40(35,38)20-36(33)48)25-51-50-24-26-7-8-28(22-46)29(14-26)16-32(41)21-43-37(42)44-41/h7-8,14,27,30-32,34,45-47H,2-6,9-13,15-25H2,1H3,(H3,42,43,44). The molecule has 7 aliphatic rings. The minimum Gasteiger partial charge on any atom is -0.396 e. The van der Waals surface area contributed by atoms with E-state index in [9.17, 15) is 20.1 Å². The van der Waals surface area contributed by atoms with Crippen LogP contribution in [0.4, 0.5) is 0 Å². The number of aliphatic hydroxyl groups is 3. The number of rotatable bonds is 5. The van der Waals surface area contributed by atoms with E-state index in [1.165, 1.54) is 36.0 Å². The summed E-state index contributed by atoms with van der Waals surface area (Å²) in [5.74, 6) is 5.18. The number of aliphatic imine (C=N–C) groups is 1. The van der Waals surface area contributed by atoms with Gasteiger partial charge in [0.15, 0.2) is 11.7 Å². The number of nitrogens with one attached hydrogen (secondary N) is 1. The molecule has 4 aliphatic carbocycles. The predicted octanol–water partition coefficient (Wildman–Crippen LogP) is 7.46. The maximum absolute atomic E-state index is 14.7. The molecule has 3 aliphatic heterocycles. The molecule has 7 nitrogen and oxygen atoms in total. The minimum absolute atomic E-state index is 0.00314. The molecule has 1 aromatic carbocycles. The van der Waals surface area contributed by atoms with Crippen molar-refractivity contribution in [2.45, 2.75) is 119 Å². The lowest BCUT2D eigenvalue weighted by Crippen LogP contribution is -2.71. The Bertz CT molecular complexity index is 1580. The number of guanidine groups is 1. The second kappa shape index (κ2) is 15.3. The quantitative estimate of drug-likeness (QED) is 0.192. The number of nitrogens with two attached hydrogens (primary N) is 1. The van der Waals surface area contributed by atoms with Crippen molar-refractivity contribution in [3.8, 4) is 0 Å². The minimum atomic E-state index is -0.322. The summed E-state index contributed by atoms with van der Waals surface area (Å²) in [4.78, 5) is 19.7. The maximum atomic E-state index is 14.7. The average Bonchev–Trinajstić information content (AvgIpc) is 3.47. The summed E-state index contributed by atoms with van der Waals surface area (Å²) in [6.45, 7) is 3.54. The second-order valence-corrected chi connectivity index (χ2v) is 22.8. The van der Waals surface area contributed by atoms with E-state index in [0.29, 0.717) is 30.6 Å². The first-order chi connectivity index (χ1) is 25.2. The fourth-order valence-electron chi connectivity index (χ4n) is 12.9. The number of fused-ring (bicyclic) bond motifs is 3. The topological polar surface area (TPSA) is 128 Å². The lowest BCUT2D eigenvalue weighted by molar-refractivity contribution is -0.125. The first-order valence-corrected chi connectivity index (χ1v) is 24.9. The Labute approximate surface area is 326 Å². The fourth-order valence-corrected chi connectivity index (χ4v) is 19.2. The Kier molecular flexibility index (Phi) is 11.2. The highest BCUT2D eigenvalue weighted by Gasteiger charge is 2.70. The average molecular weight is 786 g/mol. The molecule has 52 heavy (non-hydrogen) atoms. The molecule has 3 spiro atoms. The molecule has 3 heterocycles. The first-order valence-electron chi connectivity index (χ1n) is 20.0. The number of allylic oxidation sites excluding steroid dienone is 2. The molecule has 6 N–H and O–H groups in total. The van der Waals surface area contributed by atoms with Crippen molar-refractivity contribution in [2.75, 3.05) is 31.3 Å². The van der Waals surface area contributed by atoms with Crippen molar-refractivity contribution in [1.82, 2.24) is 5.32 Å². The maximum Gasteiger partial charge on any atom is 0.189 e. The van der Waals surface area contributed by atoms with Gasteiger partial charge in [0, 0.05) is 59.5 Å². The van der Waals surface area contributed by atoms with Crippen LogP contribution in [0.15, 0.2) is 34.3 Å². The van der Waals surface area contributed by atoms with Gasteiger partial charge in [-0.3, -0.25) is 9.79 Å². The third kappa shape index (κ3) is 6.16. The zero-order valence-electron chi connectivity index (χ0n) is 30.9. The fraction of sp³-hybridized carbons (Fsp3) is 0.756. The Morgan fingerprint density at radius 2 is 1.87 bits per heavy atom. The Morgan fingerprint density at radius 1 is 1.02 bits per heavy atom. The number of Topliss-reactive ketones (excluding diaryl/α,β-unsaturated/α-hetero) is 1. The molecular formula is C41H59N3O4S4. The number of nitrogens with zero attached hydrogens (tertiary/aromatic N) is 1. The van der Waals surface area contributed by atoms with Crippen LogP contribution in [-0.2, 0) is 23.6 Å². The van der Waals surface area contributed by atoms with Gasteiger partial charge in [0.1, 0.15) is 0 Å². The second-order valence-electron chi connectivity index (χ2n) is 17.5. The number of hydrogen-bond acceptors (Lipinski definition) is 11. The molecular weight excluding hydrogens is 727 g/mol. The molecule has 8 rings (SSSR count). The number of carbonyl (C=O) groups is 1. The zero-order valence-corrected chi connectivity index (χ0v) is 34.1. The van der Waals surface area contributed by atoms with Gasteiger partial charge in [-0.2, -0.15) is 0 Å². The molecule has 0 radical (unpaired) electrons. The third-order valence-corrected chi connectivity index (χ3v) is 21.2. The molecule has 9 bridgehead atoms. The molecule has 8 unspecified atom stereocenters. The van der Waals surface area contributed by atoms with Crippen LogP contribution in [0.2, 0.25) is 0 Å². The van der Waals surface area contributed by atoms with Crippen LogP contribution >= 0.6 is 43.2 Å². The summed E-state index contributed by atoms with van der Waals surface area (Å²) >= 11 is 0. The molecule has 3 saturated carbocycles. The summed E-state index contributed by atoms with van der Waals surface area (Å²) in [5, 5.41) is 35.4. The van der Waals surface area contributed by atoms with Crippen molar-refractivity contribution >= 4 is 54.9 Å². The zero-order chi connectivity index (χ0) is 36.1. The number of carbonyl (C=O) groups excluding carboxylic acids is 1. The summed E-state index contributed by atoms with van der Waals surface area (Å²) in [5.41, 5.74) is 12.4. The van der Waals surface area contributed by atoms with Gasteiger partial charge in [0.25, 0.3) is 0 Å². The number of ketones is 1. The molecule has 1 aromatic rings. The Hall–Kier alpha value is -0.820. The van der Waals surface area contributed by atoms with Gasteiger partial charge >= 0.3 is 0 Å². The number of hydrogen-bond donors (Lipinski definition) is 5. The van der Waals surface area contributed by atoms with E-state index in [0.717, 1.165) is 92.6 Å². The van der Waals surface area contributed by atoms with E-state index in [-0.39, 0.29) is 64.6 Å². The van der Waals surface area contributed by atoms with Crippen molar-refractivity contribution in [3.63, 3.8) is 0 Å². The van der Waals surface area contributed by atoms with Crippen LogP contribution in [0.1, 0.15) is 107 Å². The predicted molar refractivity (Wildman–Crippen MR) is 219 cm³/mol. The van der Waals surface area contributed by atoms with Crippen molar-refractivity contribution in [2.24, 2.45) is 51.1 Å². The molecule has 0 amide bonds. The third-order valence-electron chi connectivity index (χ3n) is 15.3. The monoisotopic (exact) mass is 785 g/mol. The smallest absolute Gasteiger partial charge is 0.189 e. The highest BCUT2D eigenvalue weighted by atomic mass is 33.1. The Morgan fingerprint density at radius 3 is 2.65 bits per heavy atom. The summed E-state index contributed by atoms with van der Waals surface area (Å²) in [6, 6.07) is 6.66. The largest absolute Gasteiger partial charge is 0.396 e. The lowest BCUT2D eigenvalue weighted by Gasteiger charge is -2.58. The molecule has 3 fully saturated rings. The highest BCUT2D eigenvalue weighted by Crippen LogP contribution is 2.76. The van der Waals surface area contributed by atoms with Gasteiger partial charge in [0.05, 0.1) is 12.1 Å². The van der Waals surface area contributed by atoms with E-state index in [1.807, 2.05) is 21.6 Å². The van der Waals surface area contributed by atoms with Gasteiger partial charge < -0.3 is 26.4 Å². The summed E-state index contributed by atoms with van der Waals surface area (Å²) in [6.07, 6.45) is 13.8. The van der Waals surface area contributed by atoms with Crippen molar-refractivity contribution in [3.05, 3.63) is 46.0 Å². The molecule has 286 valence electrons. The molecule has 8 atom stereocenters. The van der Waals surface area contributed by atoms with Crippen LogP contribution in [0.3, 0.4) is 0 Å². The van der Waals surface area contributed by atoms with Gasteiger partial charge in [-0.25, -0.2) is 0 Å². The summed E-state index contributed by atoms with van der Waals surface area (Å²) < 4.78 is -0.0487. The van der Waals surface area contributed by atoms with E-state index in [1.54, 1.807) is 0 Å². The van der Waals surface area contributed by atoms with Crippen LogP contribution in [0.25, 0.3) is 0 Å². The number of benzene rings is 1. The highest BCUT2D eigenvalue weighted by molar-refractivity contribution is 8.77. The van der Waals surface area contributed by atoms with Crippen molar-refractivity contribution in [1.29, 1.82) is 0 Å². The van der Waals surface area contributed by atoms with Crippen LogP contribution in [0, 0.1) is 40.4 Å². The van der Waals surface area contributed by atoms with Crippen LogP contribution in [-0.4, -0.2) is 68.6 Å². The van der Waals surface area contributed by atoms with Gasteiger partial charge in [-0.1, -0.05) is 93.1 Å². The van der Waals surface area contributed by atoms with E-state index in [2.05, 4.69) is 52.0 Å². The normalized spacial score (nSPS) is 38.9. The van der Waals surface area contributed by atoms with Crippen LogP contribution < -0.4 is 11.1 Å². The van der Waals surface area contributed by atoms with Gasteiger partial charge in [-0.05, 0) is 116 Å². The van der Waals surface area contributed by atoms with Crippen LogP contribution in [0.5, 0.6) is 0 Å². The molecule has 11 heteroatoms. The van der Waals surface area contributed by atoms with Crippen molar-refractivity contribution < 1.29 is 20.1 Å². The lowest BCUT2D eigenvalue weighted by atomic mass is 9.47. The molecule has 0 aromatic heterocycles. The van der Waals surface area contributed by atoms with E-state index >= 15 is 0 Å². The number of aliphatic hydroxyl groups excluding tert-OH is 3. The SMILES string of the molecule is CC12CCSSC3(CCCCC3)C34CC(CSSCc5ccc(CO)c(c5)CC3CN=C(N)N4)CC3=C4CC1CC(CO)C(CCCO)C42CC3=O. The van der Waals surface area contributed by atoms with E-state index < -0.39 is 0 Å². The van der Waals surface area contributed by atoms with Gasteiger partial charge in [0.2, 0.25) is 0 Å². The van der Waals surface area contributed by atoms with Gasteiger partial charge in [-0.15, -0.1) is 0 Å². The Balaban J connectivity index is 1.29. The first kappa shape index (κ1) is 38.1. The molecule has 0 saturated heterocycles. The summed E-state index contributed by atoms with van der Waals surface area (Å²) in [7, 11) is 8.11.